The molecule has 0 bridgehead atoms. The lowest BCUT2D eigenvalue weighted by atomic mass is 10.2. The van der Waals surface area contributed by atoms with E-state index in [0.717, 1.165) is 6.42 Å². The zero-order valence-corrected chi connectivity index (χ0v) is 8.63. The van der Waals surface area contributed by atoms with Crippen molar-refractivity contribution in [3.8, 4) is 0 Å². The number of anilines is 2. The molecule has 1 atom stereocenters. The second kappa shape index (κ2) is 4.21. The van der Waals surface area contributed by atoms with E-state index in [2.05, 4.69) is 15.5 Å². The van der Waals surface area contributed by atoms with Gasteiger partial charge in [-0.3, -0.25) is 0 Å². The fraction of sp³-hybridized carbons (Fsp3) is 0.444. The molecule has 0 aliphatic carbocycles. The predicted molar refractivity (Wildman–Crippen MR) is 58.1 cm³/mol. The normalized spacial score (nSPS) is 19.8. The second-order valence-electron chi connectivity index (χ2n) is 3.70. The topological polar surface area (TPSA) is 104 Å². The lowest BCUT2D eigenvalue weighted by Gasteiger charge is -2.13. The quantitative estimate of drug-likeness (QED) is 0.662. The molecule has 1 unspecified atom stereocenters. The number of nitrogens with one attached hydrogen (secondary N) is 1. The Morgan fingerprint density at radius 3 is 2.94 bits per heavy atom. The van der Waals surface area contributed by atoms with Crippen LogP contribution in [0, 0.1) is 0 Å². The monoisotopic (exact) mass is 223 g/mol. The van der Waals surface area contributed by atoms with Crippen LogP contribution in [0.3, 0.4) is 0 Å². The molecule has 0 saturated carbocycles. The molecule has 86 valence electrons. The molecule has 2 rings (SSSR count). The Morgan fingerprint density at radius 1 is 1.56 bits per heavy atom. The summed E-state index contributed by atoms with van der Waals surface area (Å²) in [6.45, 7) is 1.02. The van der Waals surface area contributed by atoms with Gasteiger partial charge < -0.3 is 21.1 Å². The maximum Gasteiger partial charge on any atom is 0.407 e. The molecule has 1 amide bonds. The highest BCUT2D eigenvalue weighted by Gasteiger charge is 2.25. The van der Waals surface area contributed by atoms with Crippen molar-refractivity contribution in [3.05, 3.63) is 12.1 Å². The number of carbonyl (C=O) groups is 1. The van der Waals surface area contributed by atoms with Crippen LogP contribution in [0.25, 0.3) is 0 Å². The average molecular weight is 223 g/mol. The zero-order chi connectivity index (χ0) is 11.5. The van der Waals surface area contributed by atoms with E-state index in [-0.39, 0.29) is 6.04 Å². The van der Waals surface area contributed by atoms with E-state index >= 15 is 0 Å². The van der Waals surface area contributed by atoms with E-state index < -0.39 is 6.09 Å². The van der Waals surface area contributed by atoms with E-state index in [1.165, 1.54) is 4.90 Å². The molecule has 1 aliphatic rings. The number of nitrogen functional groups attached to an aromatic ring is 1. The molecular formula is C9H13N5O2. The lowest BCUT2D eigenvalue weighted by Crippen LogP contribution is -2.30. The molecule has 16 heavy (non-hydrogen) atoms. The van der Waals surface area contributed by atoms with Crippen LogP contribution in [-0.2, 0) is 0 Å². The van der Waals surface area contributed by atoms with Gasteiger partial charge in [0.25, 0.3) is 0 Å². The molecule has 4 N–H and O–H groups in total. The van der Waals surface area contributed by atoms with Crippen molar-refractivity contribution >= 4 is 17.7 Å². The van der Waals surface area contributed by atoms with Crippen molar-refractivity contribution in [2.45, 2.75) is 12.5 Å². The summed E-state index contributed by atoms with van der Waals surface area (Å²) in [6, 6.07) is 3.47. The van der Waals surface area contributed by atoms with Gasteiger partial charge in [0, 0.05) is 19.1 Å². The lowest BCUT2D eigenvalue weighted by molar-refractivity contribution is 0.155. The fourth-order valence-electron chi connectivity index (χ4n) is 1.68. The molecule has 7 heteroatoms. The number of rotatable bonds is 2. The van der Waals surface area contributed by atoms with E-state index in [9.17, 15) is 4.79 Å². The number of nitrogens with zero attached hydrogens (tertiary/aromatic N) is 3. The van der Waals surface area contributed by atoms with Gasteiger partial charge in [-0.05, 0) is 18.6 Å². The second-order valence-corrected chi connectivity index (χ2v) is 3.70. The molecule has 1 aromatic heterocycles. The van der Waals surface area contributed by atoms with Gasteiger partial charge >= 0.3 is 6.09 Å². The summed E-state index contributed by atoms with van der Waals surface area (Å²) in [6.07, 6.45) is -0.106. The number of hydrogen-bond acceptors (Lipinski definition) is 5. The first-order valence-corrected chi connectivity index (χ1v) is 4.99. The summed E-state index contributed by atoms with van der Waals surface area (Å²) in [5.74, 6) is 0.982. The van der Waals surface area contributed by atoms with Gasteiger partial charge in [-0.15, -0.1) is 10.2 Å². The van der Waals surface area contributed by atoms with E-state index in [0.29, 0.717) is 24.7 Å². The average Bonchev–Trinajstić information content (AvgIpc) is 2.70. The Bertz CT molecular complexity index is 380. The molecule has 2 heterocycles. The van der Waals surface area contributed by atoms with Crippen molar-refractivity contribution in [2.24, 2.45) is 0 Å². The van der Waals surface area contributed by atoms with E-state index in [1.54, 1.807) is 12.1 Å². The van der Waals surface area contributed by atoms with Gasteiger partial charge in [-0.1, -0.05) is 0 Å². The van der Waals surface area contributed by atoms with Crippen LogP contribution >= 0.6 is 0 Å². The third-order valence-electron chi connectivity index (χ3n) is 2.50. The van der Waals surface area contributed by atoms with Crippen molar-refractivity contribution in [2.75, 3.05) is 24.1 Å². The smallest absolute Gasteiger partial charge is 0.407 e. The summed E-state index contributed by atoms with van der Waals surface area (Å²) in [7, 11) is 0. The number of amides is 1. The minimum atomic E-state index is -0.882. The van der Waals surface area contributed by atoms with Crippen LogP contribution in [-0.4, -0.2) is 45.4 Å². The molecule has 1 fully saturated rings. The highest BCUT2D eigenvalue weighted by atomic mass is 16.4. The van der Waals surface area contributed by atoms with Gasteiger partial charge in [0.2, 0.25) is 0 Å². The summed E-state index contributed by atoms with van der Waals surface area (Å²) < 4.78 is 0. The van der Waals surface area contributed by atoms with Crippen molar-refractivity contribution < 1.29 is 9.90 Å². The standard InChI is InChI=1S/C9H13N5O2/c10-7-1-2-8(13-12-7)11-6-3-4-14(5-6)9(15)16/h1-2,6H,3-5H2,(H2,10,12)(H,11,13)(H,15,16). The Hall–Kier alpha value is -2.05. The highest BCUT2D eigenvalue weighted by molar-refractivity contribution is 5.65. The maximum atomic E-state index is 10.7. The predicted octanol–water partition coefficient (Wildman–Crippen LogP) is 0.223. The molecule has 1 aromatic rings. The first kappa shape index (κ1) is 10.5. The minimum absolute atomic E-state index is 0.0917. The number of hydrogen-bond donors (Lipinski definition) is 3. The van der Waals surface area contributed by atoms with Crippen LogP contribution < -0.4 is 11.1 Å². The van der Waals surface area contributed by atoms with Crippen molar-refractivity contribution in [1.82, 2.24) is 15.1 Å². The van der Waals surface area contributed by atoms with Crippen molar-refractivity contribution in [1.29, 1.82) is 0 Å². The van der Waals surface area contributed by atoms with E-state index in [1.807, 2.05) is 0 Å². The first-order valence-electron chi connectivity index (χ1n) is 4.99. The Kier molecular flexibility index (Phi) is 2.76. The molecule has 0 spiro atoms. The maximum absolute atomic E-state index is 10.7. The van der Waals surface area contributed by atoms with Gasteiger partial charge in [0.1, 0.15) is 11.6 Å². The molecule has 1 saturated heterocycles. The third kappa shape index (κ3) is 2.30. The Balaban J connectivity index is 1.92. The summed E-state index contributed by atoms with van der Waals surface area (Å²) >= 11 is 0. The Morgan fingerprint density at radius 2 is 2.38 bits per heavy atom. The fourth-order valence-corrected chi connectivity index (χ4v) is 1.68. The minimum Gasteiger partial charge on any atom is -0.465 e. The largest absolute Gasteiger partial charge is 0.465 e. The highest BCUT2D eigenvalue weighted by Crippen LogP contribution is 2.14. The number of carboxylic acid groups (broad SMARTS) is 1. The van der Waals surface area contributed by atoms with Gasteiger partial charge in [-0.2, -0.15) is 0 Å². The van der Waals surface area contributed by atoms with Crippen LogP contribution in [0.4, 0.5) is 16.4 Å². The number of nitrogens with two attached hydrogens (primary N) is 1. The van der Waals surface area contributed by atoms with E-state index in [4.69, 9.17) is 10.8 Å². The molecule has 0 radical (unpaired) electrons. The number of likely N-dealkylation sites (tertiary alicyclic amines) is 1. The number of aromatic nitrogens is 2. The first-order chi connectivity index (χ1) is 7.65. The summed E-state index contributed by atoms with van der Waals surface area (Å²) in [5.41, 5.74) is 5.41. The van der Waals surface area contributed by atoms with Gasteiger partial charge in [-0.25, -0.2) is 4.79 Å². The molecule has 1 aliphatic heterocycles. The summed E-state index contributed by atoms with van der Waals surface area (Å²) in [4.78, 5) is 12.1. The SMILES string of the molecule is Nc1ccc(NC2CCN(C(=O)O)C2)nn1. The molecular weight excluding hydrogens is 210 g/mol. The summed E-state index contributed by atoms with van der Waals surface area (Å²) in [5, 5.41) is 19.5. The van der Waals surface area contributed by atoms with Crippen LogP contribution in [0.2, 0.25) is 0 Å². The van der Waals surface area contributed by atoms with Gasteiger partial charge in [0.05, 0.1) is 0 Å². The Labute approximate surface area is 92.3 Å². The van der Waals surface area contributed by atoms with Crippen molar-refractivity contribution in [3.63, 3.8) is 0 Å². The zero-order valence-electron chi connectivity index (χ0n) is 8.63. The van der Waals surface area contributed by atoms with Gasteiger partial charge in [0.15, 0.2) is 0 Å². The molecule has 0 aromatic carbocycles. The van der Waals surface area contributed by atoms with Crippen LogP contribution in [0.1, 0.15) is 6.42 Å². The molecule has 7 nitrogen and oxygen atoms in total. The third-order valence-corrected chi connectivity index (χ3v) is 2.50. The van der Waals surface area contributed by atoms with Crippen LogP contribution in [0.15, 0.2) is 12.1 Å². The van der Waals surface area contributed by atoms with Crippen LogP contribution in [0.5, 0.6) is 0 Å².